The van der Waals surface area contributed by atoms with Gasteiger partial charge in [-0.2, -0.15) is 5.10 Å². The van der Waals surface area contributed by atoms with Gasteiger partial charge in [0.2, 0.25) is 0 Å². The number of hydrogen-bond acceptors (Lipinski definition) is 5. The van der Waals surface area contributed by atoms with E-state index in [2.05, 4.69) is 15.8 Å². The van der Waals surface area contributed by atoms with Crippen molar-refractivity contribution in [1.29, 1.82) is 0 Å². The molecule has 0 bridgehead atoms. The first-order valence-electron chi connectivity index (χ1n) is 7.06. The summed E-state index contributed by atoms with van der Waals surface area (Å²) in [6, 6.07) is 10.6. The first-order chi connectivity index (χ1) is 11.2. The first kappa shape index (κ1) is 16.3. The van der Waals surface area contributed by atoms with Crippen LogP contribution in [0.3, 0.4) is 0 Å². The number of nitrogens with zero attached hydrogens (tertiary/aromatic N) is 1. The molecule has 2 aromatic rings. The molecule has 120 valence electrons. The molecular formula is C16H17N3O4. The summed E-state index contributed by atoms with van der Waals surface area (Å²) in [5, 5.41) is 6.18. The summed E-state index contributed by atoms with van der Waals surface area (Å²) in [5.41, 5.74) is 2.86. The molecule has 0 saturated heterocycles. The fraction of sp³-hybridized carbons (Fsp3) is 0.188. The summed E-state index contributed by atoms with van der Waals surface area (Å²) < 4.78 is 10.5. The predicted molar refractivity (Wildman–Crippen MR) is 83.9 cm³/mol. The maximum atomic E-state index is 11.6. The smallest absolute Gasteiger partial charge is 0.329 e. The predicted octanol–water partition coefficient (Wildman–Crippen LogP) is 1.44. The standard InChI is InChI=1S/C16H17N3O4/c1-2-22-14-8-4-3-6-12(14)10-18-19-16(21)15(20)17-11-13-7-5-9-23-13/h3-10H,2,11H2,1H3,(H,17,20)(H,19,21)/b18-10+. The molecule has 2 N–H and O–H groups in total. The number of benzene rings is 1. The fourth-order valence-electron chi connectivity index (χ4n) is 1.75. The molecule has 0 aliphatic rings. The summed E-state index contributed by atoms with van der Waals surface area (Å²) in [6.45, 7) is 2.53. The van der Waals surface area contributed by atoms with Crippen molar-refractivity contribution in [2.24, 2.45) is 5.10 Å². The maximum absolute atomic E-state index is 11.6. The van der Waals surface area contributed by atoms with Crippen molar-refractivity contribution < 1.29 is 18.7 Å². The van der Waals surface area contributed by atoms with Crippen molar-refractivity contribution in [3.05, 3.63) is 54.0 Å². The number of amides is 2. The third-order valence-electron chi connectivity index (χ3n) is 2.80. The summed E-state index contributed by atoms with van der Waals surface area (Å²) >= 11 is 0. The second-order valence-corrected chi connectivity index (χ2v) is 4.43. The Balaban J connectivity index is 1.84. The van der Waals surface area contributed by atoms with Crippen molar-refractivity contribution in [2.45, 2.75) is 13.5 Å². The van der Waals surface area contributed by atoms with Gasteiger partial charge in [0.25, 0.3) is 0 Å². The van der Waals surface area contributed by atoms with Crippen LogP contribution >= 0.6 is 0 Å². The third-order valence-corrected chi connectivity index (χ3v) is 2.80. The summed E-state index contributed by atoms with van der Waals surface area (Å²) in [7, 11) is 0. The van der Waals surface area contributed by atoms with Gasteiger partial charge >= 0.3 is 11.8 Å². The molecule has 0 saturated carbocycles. The molecule has 7 heteroatoms. The van der Waals surface area contributed by atoms with Crippen LogP contribution in [-0.4, -0.2) is 24.6 Å². The van der Waals surface area contributed by atoms with Crippen LogP contribution in [0.25, 0.3) is 0 Å². The number of rotatable bonds is 6. The van der Waals surface area contributed by atoms with Gasteiger partial charge in [-0.1, -0.05) is 12.1 Å². The lowest BCUT2D eigenvalue weighted by Crippen LogP contribution is -2.37. The molecule has 1 aromatic carbocycles. The monoisotopic (exact) mass is 315 g/mol. The minimum Gasteiger partial charge on any atom is -0.493 e. The van der Waals surface area contributed by atoms with E-state index in [0.29, 0.717) is 23.7 Å². The van der Waals surface area contributed by atoms with Crippen LogP contribution in [0.4, 0.5) is 0 Å². The van der Waals surface area contributed by atoms with Crippen LogP contribution in [0.2, 0.25) is 0 Å². The Morgan fingerprint density at radius 1 is 1.22 bits per heavy atom. The van der Waals surface area contributed by atoms with Gasteiger partial charge in [-0.25, -0.2) is 5.43 Å². The Bertz CT molecular complexity index is 680. The normalized spacial score (nSPS) is 10.5. The van der Waals surface area contributed by atoms with Gasteiger partial charge in [0.1, 0.15) is 11.5 Å². The molecule has 7 nitrogen and oxygen atoms in total. The number of furan rings is 1. The SMILES string of the molecule is CCOc1ccccc1/C=N/NC(=O)C(=O)NCc1ccco1. The average molecular weight is 315 g/mol. The lowest BCUT2D eigenvalue weighted by atomic mass is 10.2. The number of hydrazone groups is 1. The second-order valence-electron chi connectivity index (χ2n) is 4.43. The van der Waals surface area contributed by atoms with Gasteiger partial charge in [0.15, 0.2) is 0 Å². The Morgan fingerprint density at radius 2 is 2.04 bits per heavy atom. The highest BCUT2D eigenvalue weighted by atomic mass is 16.5. The van der Waals surface area contributed by atoms with Crippen LogP contribution < -0.4 is 15.5 Å². The van der Waals surface area contributed by atoms with E-state index in [1.807, 2.05) is 19.1 Å². The minimum absolute atomic E-state index is 0.135. The molecule has 2 rings (SSSR count). The molecule has 1 aromatic heterocycles. The van der Waals surface area contributed by atoms with Crippen molar-refractivity contribution in [3.63, 3.8) is 0 Å². The summed E-state index contributed by atoms with van der Waals surface area (Å²) in [5.74, 6) is -0.450. The lowest BCUT2D eigenvalue weighted by molar-refractivity contribution is -0.139. The molecule has 0 aliphatic carbocycles. The second kappa shape index (κ2) is 8.38. The molecule has 0 fully saturated rings. The van der Waals surface area contributed by atoms with Crippen molar-refractivity contribution in [1.82, 2.24) is 10.7 Å². The molecular weight excluding hydrogens is 298 g/mol. The van der Waals surface area contributed by atoms with Gasteiger partial charge in [0.05, 0.1) is 25.6 Å². The number of nitrogens with one attached hydrogen (secondary N) is 2. The van der Waals surface area contributed by atoms with E-state index >= 15 is 0 Å². The van der Waals surface area contributed by atoms with E-state index in [1.54, 1.807) is 24.3 Å². The van der Waals surface area contributed by atoms with E-state index in [4.69, 9.17) is 9.15 Å². The maximum Gasteiger partial charge on any atom is 0.329 e. The number of carbonyl (C=O) groups is 2. The van der Waals surface area contributed by atoms with Crippen LogP contribution in [0.5, 0.6) is 5.75 Å². The lowest BCUT2D eigenvalue weighted by Gasteiger charge is -2.05. The largest absolute Gasteiger partial charge is 0.493 e. The van der Waals surface area contributed by atoms with E-state index in [-0.39, 0.29) is 6.54 Å². The Labute approximate surface area is 133 Å². The third kappa shape index (κ3) is 4.99. The highest BCUT2D eigenvalue weighted by molar-refractivity contribution is 6.35. The molecule has 0 unspecified atom stereocenters. The topological polar surface area (TPSA) is 92.9 Å². The van der Waals surface area contributed by atoms with Crippen molar-refractivity contribution in [3.8, 4) is 5.75 Å². The molecule has 1 heterocycles. The van der Waals surface area contributed by atoms with Crippen LogP contribution in [0.1, 0.15) is 18.2 Å². The van der Waals surface area contributed by atoms with Crippen LogP contribution in [0, 0.1) is 0 Å². The minimum atomic E-state index is -0.860. The zero-order chi connectivity index (χ0) is 16.5. The van der Waals surface area contributed by atoms with Crippen molar-refractivity contribution >= 4 is 18.0 Å². The quantitative estimate of drug-likeness (QED) is 0.479. The van der Waals surface area contributed by atoms with Crippen molar-refractivity contribution in [2.75, 3.05) is 6.61 Å². The number of hydrogen-bond donors (Lipinski definition) is 2. The highest BCUT2D eigenvalue weighted by Crippen LogP contribution is 2.15. The van der Waals surface area contributed by atoms with Gasteiger partial charge in [0, 0.05) is 5.56 Å². The van der Waals surface area contributed by atoms with Gasteiger partial charge in [-0.15, -0.1) is 0 Å². The van der Waals surface area contributed by atoms with E-state index in [0.717, 1.165) is 0 Å². The summed E-state index contributed by atoms with van der Waals surface area (Å²) in [6.07, 6.45) is 2.91. The van der Waals surface area contributed by atoms with Gasteiger partial charge < -0.3 is 14.5 Å². The molecule has 0 spiro atoms. The van der Waals surface area contributed by atoms with E-state index in [9.17, 15) is 9.59 Å². The van der Waals surface area contributed by atoms with Gasteiger partial charge in [-0.3, -0.25) is 9.59 Å². The summed E-state index contributed by atoms with van der Waals surface area (Å²) in [4.78, 5) is 23.2. The zero-order valence-electron chi connectivity index (χ0n) is 12.6. The number of ether oxygens (including phenoxy) is 1. The van der Waals surface area contributed by atoms with Gasteiger partial charge in [-0.05, 0) is 31.2 Å². The highest BCUT2D eigenvalue weighted by Gasteiger charge is 2.12. The zero-order valence-corrected chi connectivity index (χ0v) is 12.6. The average Bonchev–Trinajstić information content (AvgIpc) is 3.08. The molecule has 2 amide bonds. The Hall–Kier alpha value is -3.09. The molecule has 0 radical (unpaired) electrons. The fourth-order valence-corrected chi connectivity index (χ4v) is 1.75. The molecule has 0 atom stereocenters. The van der Waals surface area contributed by atoms with E-state index in [1.165, 1.54) is 12.5 Å². The molecule has 0 aliphatic heterocycles. The number of para-hydroxylation sites is 1. The Morgan fingerprint density at radius 3 is 2.78 bits per heavy atom. The molecule has 23 heavy (non-hydrogen) atoms. The van der Waals surface area contributed by atoms with Crippen LogP contribution in [-0.2, 0) is 16.1 Å². The van der Waals surface area contributed by atoms with Crippen LogP contribution in [0.15, 0.2) is 52.2 Å². The Kier molecular flexibility index (Phi) is 5.93. The first-order valence-corrected chi connectivity index (χ1v) is 7.06. The number of carbonyl (C=O) groups excluding carboxylic acids is 2. The van der Waals surface area contributed by atoms with E-state index < -0.39 is 11.8 Å².